The predicted octanol–water partition coefficient (Wildman–Crippen LogP) is 4.41. The molecule has 2 aromatic carbocycles. The highest BCUT2D eigenvalue weighted by atomic mass is 35.5. The number of carbonyl (C=O) groups is 1. The van der Waals surface area contributed by atoms with E-state index in [1.165, 1.54) is 32.4 Å². The van der Waals surface area contributed by atoms with E-state index < -0.39 is 10.0 Å². The van der Waals surface area contributed by atoms with Crippen LogP contribution in [0, 0.1) is 0 Å². The van der Waals surface area contributed by atoms with Crippen molar-refractivity contribution in [1.29, 1.82) is 0 Å². The van der Waals surface area contributed by atoms with E-state index in [0.717, 1.165) is 10.0 Å². The Kier molecular flexibility index (Phi) is 7.86. The maximum absolute atomic E-state index is 13.4. The molecule has 32 heavy (non-hydrogen) atoms. The number of hydrogen-bond acceptors (Lipinski definition) is 5. The molecule has 3 rings (SSSR count). The molecule has 1 aromatic heterocycles. The van der Waals surface area contributed by atoms with Crippen molar-refractivity contribution >= 4 is 39.1 Å². The average molecular weight is 494 g/mol. The van der Waals surface area contributed by atoms with Crippen molar-refractivity contribution in [1.82, 2.24) is 14.4 Å². The van der Waals surface area contributed by atoms with Crippen molar-refractivity contribution in [3.8, 4) is 0 Å². The molecule has 0 unspecified atom stereocenters. The zero-order valence-electron chi connectivity index (χ0n) is 17.4. The number of hydrogen-bond donors (Lipinski definition) is 0. The van der Waals surface area contributed by atoms with Crippen molar-refractivity contribution < 1.29 is 18.0 Å². The van der Waals surface area contributed by atoms with Crippen molar-refractivity contribution in [2.24, 2.45) is 0 Å². The van der Waals surface area contributed by atoms with Gasteiger partial charge in [0.2, 0.25) is 0 Å². The fourth-order valence-electron chi connectivity index (χ4n) is 2.96. The van der Waals surface area contributed by atoms with Crippen LogP contribution in [0.3, 0.4) is 0 Å². The third-order valence-corrected chi connectivity index (χ3v) is 7.11. The second-order valence-corrected chi connectivity index (χ2v) is 9.61. The molecule has 168 valence electrons. The van der Waals surface area contributed by atoms with Gasteiger partial charge in [0.25, 0.3) is 15.9 Å². The largest absolute Gasteiger partial charge is 0.328 e. The van der Waals surface area contributed by atoms with Gasteiger partial charge in [0.05, 0.1) is 34.3 Å². The van der Waals surface area contributed by atoms with Crippen LogP contribution in [-0.4, -0.2) is 42.8 Å². The summed E-state index contributed by atoms with van der Waals surface area (Å²) < 4.78 is 25.9. The molecule has 10 heteroatoms. The summed E-state index contributed by atoms with van der Waals surface area (Å²) in [5, 5.41) is 0.795. The molecular weight excluding hydrogens is 473 g/mol. The van der Waals surface area contributed by atoms with Gasteiger partial charge in [0.1, 0.15) is 0 Å². The Morgan fingerprint density at radius 1 is 1.00 bits per heavy atom. The lowest BCUT2D eigenvalue weighted by Gasteiger charge is -2.23. The van der Waals surface area contributed by atoms with Crippen LogP contribution in [0.1, 0.15) is 21.6 Å². The number of rotatable bonds is 8. The summed E-state index contributed by atoms with van der Waals surface area (Å²) in [4.78, 5) is 24.0. The summed E-state index contributed by atoms with van der Waals surface area (Å²) in [6, 6.07) is 16.4. The monoisotopic (exact) mass is 493 g/mol. The molecule has 0 aliphatic carbocycles. The normalized spacial score (nSPS) is 11.5. The van der Waals surface area contributed by atoms with E-state index in [1.54, 1.807) is 41.4 Å². The molecule has 0 fully saturated rings. The highest BCUT2D eigenvalue weighted by molar-refractivity contribution is 7.89. The van der Waals surface area contributed by atoms with E-state index in [9.17, 15) is 13.2 Å². The van der Waals surface area contributed by atoms with Gasteiger partial charge in [-0.25, -0.2) is 8.42 Å². The van der Waals surface area contributed by atoms with Crippen LogP contribution in [-0.2, 0) is 28.0 Å². The summed E-state index contributed by atoms with van der Waals surface area (Å²) in [6.45, 7) is 0.441. The summed E-state index contributed by atoms with van der Waals surface area (Å²) in [6.07, 6.45) is 1.64. The molecule has 1 heterocycles. The Labute approximate surface area is 197 Å². The minimum absolute atomic E-state index is 0.0555. The molecule has 0 bridgehead atoms. The van der Waals surface area contributed by atoms with Gasteiger partial charge >= 0.3 is 0 Å². The fourth-order valence-corrected chi connectivity index (χ4v) is 4.30. The van der Waals surface area contributed by atoms with E-state index in [1.807, 2.05) is 12.1 Å². The molecular formula is C22H21Cl2N3O4S. The number of benzene rings is 2. The molecule has 0 aliphatic rings. The van der Waals surface area contributed by atoms with Crippen molar-refractivity contribution in [3.63, 3.8) is 0 Å². The van der Waals surface area contributed by atoms with E-state index in [0.29, 0.717) is 15.7 Å². The SMILES string of the molecule is CON(C)S(=O)(=O)c1cccc(C(=O)N(Cc2ccc(Cl)c(Cl)c2)Cc2ccccn2)c1. The number of amides is 1. The van der Waals surface area contributed by atoms with Gasteiger partial charge < -0.3 is 4.90 Å². The summed E-state index contributed by atoms with van der Waals surface area (Å²) in [5.41, 5.74) is 1.67. The number of aromatic nitrogens is 1. The maximum atomic E-state index is 13.4. The first kappa shape index (κ1) is 24.2. The quantitative estimate of drug-likeness (QED) is 0.434. The molecule has 0 atom stereocenters. The standard InChI is InChI=1S/C22H21Cl2N3O4S/c1-26(31-2)32(29,30)19-8-5-6-17(13-19)22(28)27(15-18-7-3-4-11-25-18)14-16-9-10-20(23)21(24)12-16/h3-13H,14-15H2,1-2H3. The van der Waals surface area contributed by atoms with Gasteiger partial charge in [-0.1, -0.05) is 45.9 Å². The molecule has 0 saturated heterocycles. The minimum atomic E-state index is -3.90. The van der Waals surface area contributed by atoms with E-state index in [4.69, 9.17) is 28.0 Å². The lowest BCUT2D eigenvalue weighted by Crippen LogP contribution is -2.31. The number of nitrogens with zero attached hydrogens (tertiary/aromatic N) is 3. The number of pyridine rings is 1. The van der Waals surface area contributed by atoms with Gasteiger partial charge in [-0.15, -0.1) is 0 Å². The number of halogens is 2. The van der Waals surface area contributed by atoms with Crippen LogP contribution in [0.15, 0.2) is 71.8 Å². The Hall–Kier alpha value is -2.49. The molecule has 0 spiro atoms. The van der Waals surface area contributed by atoms with Crippen LogP contribution in [0.5, 0.6) is 0 Å². The first-order valence-corrected chi connectivity index (χ1v) is 11.7. The number of sulfonamides is 1. The minimum Gasteiger partial charge on any atom is -0.328 e. The topological polar surface area (TPSA) is 79.8 Å². The van der Waals surface area contributed by atoms with Crippen LogP contribution in [0.4, 0.5) is 0 Å². The van der Waals surface area contributed by atoms with Crippen molar-refractivity contribution in [2.45, 2.75) is 18.0 Å². The van der Waals surface area contributed by atoms with Gasteiger partial charge in [-0.2, -0.15) is 0 Å². The molecule has 7 nitrogen and oxygen atoms in total. The van der Waals surface area contributed by atoms with E-state index >= 15 is 0 Å². The van der Waals surface area contributed by atoms with Gasteiger partial charge in [0.15, 0.2) is 0 Å². The molecule has 0 radical (unpaired) electrons. The first-order valence-electron chi connectivity index (χ1n) is 9.48. The van der Waals surface area contributed by atoms with Gasteiger partial charge in [-0.3, -0.25) is 14.6 Å². The van der Waals surface area contributed by atoms with Crippen LogP contribution in [0.2, 0.25) is 10.0 Å². The Balaban J connectivity index is 1.96. The van der Waals surface area contributed by atoms with Crippen LogP contribution in [0.25, 0.3) is 0 Å². The molecule has 0 N–H and O–H groups in total. The van der Waals surface area contributed by atoms with E-state index in [-0.39, 0.29) is 29.5 Å². The highest BCUT2D eigenvalue weighted by Gasteiger charge is 2.24. The number of carbonyl (C=O) groups excluding carboxylic acids is 1. The molecule has 0 aliphatic heterocycles. The van der Waals surface area contributed by atoms with Crippen molar-refractivity contribution in [3.05, 3.63) is 93.7 Å². The molecule has 0 saturated carbocycles. The second kappa shape index (κ2) is 10.4. The lowest BCUT2D eigenvalue weighted by atomic mass is 10.1. The number of hydroxylamine groups is 1. The third kappa shape index (κ3) is 5.65. The molecule has 3 aromatic rings. The average Bonchev–Trinajstić information content (AvgIpc) is 2.80. The highest BCUT2D eigenvalue weighted by Crippen LogP contribution is 2.24. The van der Waals surface area contributed by atoms with E-state index in [2.05, 4.69) is 4.98 Å². The lowest BCUT2D eigenvalue weighted by molar-refractivity contribution is -0.0258. The Morgan fingerprint density at radius 3 is 2.44 bits per heavy atom. The Bertz CT molecular complexity index is 1210. The third-order valence-electron chi connectivity index (χ3n) is 4.70. The van der Waals surface area contributed by atoms with Gasteiger partial charge in [-0.05, 0) is 48.0 Å². The fraction of sp³-hybridized carbons (Fsp3) is 0.182. The summed E-state index contributed by atoms with van der Waals surface area (Å²) >= 11 is 12.1. The Morgan fingerprint density at radius 2 is 1.78 bits per heavy atom. The van der Waals surface area contributed by atoms with Gasteiger partial charge in [0, 0.05) is 25.4 Å². The second-order valence-electron chi connectivity index (χ2n) is 6.86. The zero-order chi connectivity index (χ0) is 23.3. The zero-order valence-corrected chi connectivity index (χ0v) is 19.7. The summed E-state index contributed by atoms with van der Waals surface area (Å²) in [7, 11) is -1.38. The van der Waals surface area contributed by atoms with Crippen LogP contribution >= 0.6 is 23.2 Å². The van der Waals surface area contributed by atoms with Crippen LogP contribution < -0.4 is 0 Å². The smallest absolute Gasteiger partial charge is 0.264 e. The first-order chi connectivity index (χ1) is 15.2. The molecule has 1 amide bonds. The maximum Gasteiger partial charge on any atom is 0.264 e. The predicted molar refractivity (Wildman–Crippen MR) is 123 cm³/mol. The summed E-state index contributed by atoms with van der Waals surface area (Å²) in [5.74, 6) is -0.362. The van der Waals surface area contributed by atoms with Crippen molar-refractivity contribution in [2.75, 3.05) is 14.2 Å².